The van der Waals surface area contributed by atoms with Gasteiger partial charge in [0.2, 0.25) is 0 Å². The van der Waals surface area contributed by atoms with Crippen molar-refractivity contribution in [2.24, 2.45) is 0 Å². The summed E-state index contributed by atoms with van der Waals surface area (Å²) in [5, 5.41) is 2.36. The second-order valence-corrected chi connectivity index (χ2v) is 9.42. The zero-order valence-electron chi connectivity index (χ0n) is 15.1. The maximum atomic E-state index is 12.7. The fraction of sp³-hybridized carbons (Fsp3) is 0.0800. The van der Waals surface area contributed by atoms with Crippen molar-refractivity contribution in [1.82, 2.24) is 0 Å². The summed E-state index contributed by atoms with van der Waals surface area (Å²) >= 11 is 0.133. The molecule has 0 unspecified atom stereocenters. The van der Waals surface area contributed by atoms with E-state index in [0.717, 1.165) is 11.1 Å². The number of ether oxygens (including phenoxy) is 1. The summed E-state index contributed by atoms with van der Waals surface area (Å²) in [5.41, 5.74) is 2.85. The molecule has 1 aliphatic heterocycles. The molecule has 0 amide bonds. The van der Waals surface area contributed by atoms with Crippen LogP contribution in [-0.4, -0.2) is 20.9 Å². The second kappa shape index (κ2) is 7.27. The molecule has 4 aromatic rings. The Hall–Kier alpha value is -2.87. The van der Waals surface area contributed by atoms with Crippen LogP contribution >= 0.6 is 0 Å². The first kappa shape index (κ1) is 17.2. The molecule has 0 radical (unpaired) electrons. The van der Waals surface area contributed by atoms with Gasteiger partial charge in [0.25, 0.3) is 0 Å². The van der Waals surface area contributed by atoms with Crippen LogP contribution in [0.5, 0.6) is 0 Å². The molecule has 3 heteroatoms. The molecule has 0 fully saturated rings. The molecule has 0 saturated heterocycles. The topological polar surface area (TPSA) is 26.3 Å². The Balaban J connectivity index is 1.62. The van der Waals surface area contributed by atoms with Gasteiger partial charge in [-0.15, -0.1) is 0 Å². The predicted octanol–water partition coefficient (Wildman–Crippen LogP) is 4.82. The number of carbonyl (C=O) groups excluding carboxylic acids is 1. The Morgan fingerprint density at radius 1 is 0.714 bits per heavy atom. The molecular weight excluding hydrogens is 411 g/mol. The molecule has 0 N–H and O–H groups in total. The summed E-state index contributed by atoms with van der Waals surface area (Å²) in [6, 6.07) is 33.1. The quantitative estimate of drug-likeness (QED) is 0.345. The van der Waals surface area contributed by atoms with Crippen LogP contribution in [0.1, 0.15) is 32.4 Å². The van der Waals surface area contributed by atoms with Crippen LogP contribution < -0.4 is 4.46 Å². The Kier molecular flexibility index (Phi) is 4.48. The molecular formula is C25H18O2Se. The van der Waals surface area contributed by atoms with Crippen LogP contribution in [0.25, 0.3) is 10.8 Å². The van der Waals surface area contributed by atoms with Crippen LogP contribution in [0.2, 0.25) is 0 Å². The van der Waals surface area contributed by atoms with Crippen LogP contribution in [0.4, 0.5) is 0 Å². The third-order valence-electron chi connectivity index (χ3n) is 5.10. The summed E-state index contributed by atoms with van der Waals surface area (Å²) in [5.74, 6) is -0.228. The van der Waals surface area contributed by atoms with Crippen LogP contribution in [0, 0.1) is 0 Å². The minimum atomic E-state index is -0.271. The fourth-order valence-corrected chi connectivity index (χ4v) is 6.41. The van der Waals surface area contributed by atoms with Gasteiger partial charge in [-0.1, -0.05) is 0 Å². The third-order valence-corrected chi connectivity index (χ3v) is 7.83. The van der Waals surface area contributed by atoms with Gasteiger partial charge >= 0.3 is 170 Å². The van der Waals surface area contributed by atoms with Crippen LogP contribution in [0.3, 0.4) is 0 Å². The summed E-state index contributed by atoms with van der Waals surface area (Å²) in [6.45, 7) is 0. The van der Waals surface area contributed by atoms with Gasteiger partial charge in [-0.3, -0.25) is 0 Å². The summed E-state index contributed by atoms with van der Waals surface area (Å²) in [6.07, 6.45) is -0.271. The van der Waals surface area contributed by atoms with E-state index in [4.69, 9.17) is 4.74 Å². The standard InChI is InChI=1S/C25H18O2Se/c26-25-22-13-7-6-12-21(22)24(28-20-10-2-1-3-11-20)23(27-25)19-15-14-17-8-4-5-9-18(17)16-19/h1-16,23-24H/t23-,24+/m0/s1. The summed E-state index contributed by atoms with van der Waals surface area (Å²) in [4.78, 5) is 12.9. The maximum absolute atomic E-state index is 12.7. The number of benzene rings is 4. The van der Waals surface area contributed by atoms with E-state index in [9.17, 15) is 4.79 Å². The minimum absolute atomic E-state index is 0.133. The first-order valence-electron chi connectivity index (χ1n) is 9.30. The Morgan fingerprint density at radius 2 is 1.43 bits per heavy atom. The van der Waals surface area contributed by atoms with Gasteiger partial charge in [0, 0.05) is 0 Å². The van der Waals surface area contributed by atoms with Crippen molar-refractivity contribution in [3.8, 4) is 0 Å². The van der Waals surface area contributed by atoms with E-state index in [1.165, 1.54) is 15.2 Å². The zero-order valence-corrected chi connectivity index (χ0v) is 16.8. The monoisotopic (exact) mass is 430 g/mol. The molecule has 0 aliphatic carbocycles. The number of esters is 1. The Morgan fingerprint density at radius 3 is 2.29 bits per heavy atom. The van der Waals surface area contributed by atoms with Crippen molar-refractivity contribution in [2.75, 3.05) is 0 Å². The van der Waals surface area contributed by atoms with E-state index < -0.39 is 0 Å². The van der Waals surface area contributed by atoms with Crippen molar-refractivity contribution >= 4 is 36.2 Å². The van der Waals surface area contributed by atoms with E-state index in [1.807, 2.05) is 36.4 Å². The van der Waals surface area contributed by atoms with Crippen LogP contribution in [-0.2, 0) is 4.74 Å². The number of fused-ring (bicyclic) bond motifs is 2. The SMILES string of the molecule is O=C1O[C@@H](c2ccc3ccccc3c2)[C@H]([Se]c2ccccc2)c2ccccc21. The molecule has 0 saturated carbocycles. The molecule has 1 heterocycles. The van der Waals surface area contributed by atoms with Gasteiger partial charge in [-0.05, 0) is 0 Å². The normalized spacial score (nSPS) is 18.5. The Labute approximate surface area is 170 Å². The molecule has 2 nitrogen and oxygen atoms in total. The van der Waals surface area contributed by atoms with Crippen LogP contribution in [0.15, 0.2) is 97.1 Å². The average Bonchev–Trinajstić information content (AvgIpc) is 2.76. The van der Waals surface area contributed by atoms with E-state index >= 15 is 0 Å². The number of hydrogen-bond donors (Lipinski definition) is 0. The average molecular weight is 429 g/mol. The summed E-state index contributed by atoms with van der Waals surface area (Å²) in [7, 11) is 0. The van der Waals surface area contributed by atoms with Gasteiger partial charge in [0.05, 0.1) is 0 Å². The van der Waals surface area contributed by atoms with Gasteiger partial charge < -0.3 is 0 Å². The molecule has 4 aromatic carbocycles. The Bertz CT molecular complexity index is 1150. The van der Waals surface area contributed by atoms with Crippen molar-refractivity contribution in [2.45, 2.75) is 10.9 Å². The van der Waals surface area contributed by atoms with Crippen molar-refractivity contribution in [1.29, 1.82) is 0 Å². The first-order valence-corrected chi connectivity index (χ1v) is 11.1. The van der Waals surface area contributed by atoms with Gasteiger partial charge in [-0.25, -0.2) is 0 Å². The number of carbonyl (C=O) groups is 1. The molecule has 0 bridgehead atoms. The van der Waals surface area contributed by atoms with Crippen molar-refractivity contribution in [3.05, 3.63) is 114 Å². The van der Waals surface area contributed by atoms with E-state index in [-0.39, 0.29) is 31.8 Å². The van der Waals surface area contributed by atoms with Gasteiger partial charge in [0.1, 0.15) is 0 Å². The summed E-state index contributed by atoms with van der Waals surface area (Å²) < 4.78 is 7.31. The predicted molar refractivity (Wildman–Crippen MR) is 113 cm³/mol. The first-order chi connectivity index (χ1) is 13.8. The molecule has 0 spiro atoms. The van der Waals surface area contributed by atoms with Crippen molar-refractivity contribution in [3.63, 3.8) is 0 Å². The number of hydrogen-bond acceptors (Lipinski definition) is 2. The number of rotatable bonds is 3. The number of cyclic esters (lactones) is 1. The molecule has 5 rings (SSSR count). The molecule has 0 aromatic heterocycles. The molecule has 2 atom stereocenters. The van der Waals surface area contributed by atoms with Gasteiger partial charge in [-0.2, -0.15) is 0 Å². The second-order valence-electron chi connectivity index (χ2n) is 6.87. The van der Waals surface area contributed by atoms with Gasteiger partial charge in [0.15, 0.2) is 0 Å². The van der Waals surface area contributed by atoms with E-state index in [2.05, 4.69) is 60.7 Å². The van der Waals surface area contributed by atoms with E-state index in [1.54, 1.807) is 0 Å². The molecule has 1 aliphatic rings. The zero-order chi connectivity index (χ0) is 18.9. The molecule has 136 valence electrons. The third kappa shape index (κ3) is 3.13. The van der Waals surface area contributed by atoms with Crippen molar-refractivity contribution < 1.29 is 9.53 Å². The fourth-order valence-electron chi connectivity index (χ4n) is 3.73. The molecule has 28 heavy (non-hydrogen) atoms. The van der Waals surface area contributed by atoms with E-state index in [0.29, 0.717) is 5.56 Å².